The van der Waals surface area contributed by atoms with E-state index in [-0.39, 0.29) is 35.1 Å². The summed E-state index contributed by atoms with van der Waals surface area (Å²) in [7, 11) is -2.21. The zero-order valence-electron chi connectivity index (χ0n) is 15.3. The minimum atomic E-state index is -3.64. The Morgan fingerprint density at radius 3 is 2.43 bits per heavy atom. The van der Waals surface area contributed by atoms with E-state index in [2.05, 4.69) is 10.4 Å². The lowest BCUT2D eigenvalue weighted by atomic mass is 10.2. The van der Waals surface area contributed by atoms with Gasteiger partial charge in [-0.25, -0.2) is 8.42 Å². The van der Waals surface area contributed by atoms with Gasteiger partial charge in [-0.15, -0.1) is 0 Å². The number of benzene rings is 1. The number of hydrogen-bond donors (Lipinski definition) is 1. The summed E-state index contributed by atoms with van der Waals surface area (Å²) in [4.78, 5) is 23.1. The van der Waals surface area contributed by atoms with E-state index in [4.69, 9.17) is 4.74 Å². The number of hydrogen-bond acceptors (Lipinski definition) is 7. The molecule has 1 saturated heterocycles. The summed E-state index contributed by atoms with van der Waals surface area (Å²) >= 11 is 0. The number of aromatic nitrogens is 2. The maximum atomic E-state index is 12.6. The van der Waals surface area contributed by atoms with Crippen molar-refractivity contribution >= 4 is 27.3 Å². The van der Waals surface area contributed by atoms with Crippen LogP contribution in [0.3, 0.4) is 0 Å². The van der Waals surface area contributed by atoms with Crippen molar-refractivity contribution in [1.29, 1.82) is 0 Å². The Labute approximate surface area is 161 Å². The number of nitro groups is 1. The molecule has 0 saturated carbocycles. The molecule has 2 heterocycles. The Kier molecular flexibility index (Phi) is 5.45. The highest BCUT2D eigenvalue weighted by Gasteiger charge is 2.30. The molecule has 1 amide bonds. The molecule has 1 fully saturated rings. The van der Waals surface area contributed by atoms with Gasteiger partial charge in [-0.2, -0.15) is 9.40 Å². The topological polar surface area (TPSA) is 137 Å². The summed E-state index contributed by atoms with van der Waals surface area (Å²) in [6, 6.07) is 5.62. The molecule has 12 heteroatoms. The van der Waals surface area contributed by atoms with Crippen molar-refractivity contribution in [3.05, 3.63) is 45.8 Å². The molecule has 1 aromatic heterocycles. The van der Waals surface area contributed by atoms with Crippen LogP contribution < -0.4 is 5.32 Å². The molecular weight excluding hydrogens is 390 g/mol. The summed E-state index contributed by atoms with van der Waals surface area (Å²) < 4.78 is 32.9. The van der Waals surface area contributed by atoms with Crippen LogP contribution in [0.2, 0.25) is 0 Å². The molecule has 1 aliphatic heterocycles. The number of anilines is 1. The lowest BCUT2D eigenvalue weighted by molar-refractivity contribution is -0.385. The number of nitrogens with one attached hydrogen (secondary N) is 1. The summed E-state index contributed by atoms with van der Waals surface area (Å²) in [5.41, 5.74) is -0.122. The van der Waals surface area contributed by atoms with Crippen LogP contribution in [0.5, 0.6) is 0 Å². The fraction of sp³-hybridized carbons (Fsp3) is 0.375. The SMILES string of the molecule is Cc1nn(C)c(C(=O)Nc2ccc(S(=O)(=O)N3CCOCC3)cc2)c1[N+](=O)[O-]. The average molecular weight is 409 g/mol. The molecule has 150 valence electrons. The Balaban J connectivity index is 1.80. The maximum Gasteiger partial charge on any atom is 0.322 e. The van der Waals surface area contributed by atoms with Crippen LogP contribution >= 0.6 is 0 Å². The fourth-order valence-corrected chi connectivity index (χ4v) is 4.36. The first-order valence-corrected chi connectivity index (χ1v) is 9.83. The smallest absolute Gasteiger partial charge is 0.322 e. The highest BCUT2D eigenvalue weighted by Crippen LogP contribution is 2.24. The highest BCUT2D eigenvalue weighted by molar-refractivity contribution is 7.89. The first-order valence-electron chi connectivity index (χ1n) is 8.39. The van der Waals surface area contributed by atoms with Gasteiger partial charge < -0.3 is 10.1 Å². The van der Waals surface area contributed by atoms with E-state index < -0.39 is 20.9 Å². The van der Waals surface area contributed by atoms with Gasteiger partial charge in [-0.3, -0.25) is 19.6 Å². The number of morpholine rings is 1. The Hall–Kier alpha value is -2.83. The highest BCUT2D eigenvalue weighted by atomic mass is 32.2. The van der Waals surface area contributed by atoms with Crippen LogP contribution in [0.4, 0.5) is 11.4 Å². The normalized spacial score (nSPS) is 15.4. The van der Waals surface area contributed by atoms with E-state index in [1.807, 2.05) is 0 Å². The van der Waals surface area contributed by atoms with Crippen molar-refractivity contribution in [3.8, 4) is 0 Å². The summed E-state index contributed by atoms with van der Waals surface area (Å²) in [6.45, 7) is 2.70. The van der Waals surface area contributed by atoms with Gasteiger partial charge in [0.1, 0.15) is 5.69 Å². The van der Waals surface area contributed by atoms with E-state index >= 15 is 0 Å². The van der Waals surface area contributed by atoms with Gasteiger partial charge in [0.2, 0.25) is 15.7 Å². The van der Waals surface area contributed by atoms with E-state index in [1.165, 1.54) is 42.5 Å². The van der Waals surface area contributed by atoms with Gasteiger partial charge in [0.15, 0.2) is 0 Å². The Bertz CT molecular complexity index is 1010. The first kappa shape index (κ1) is 19.9. The largest absolute Gasteiger partial charge is 0.379 e. The minimum Gasteiger partial charge on any atom is -0.379 e. The summed E-state index contributed by atoms with van der Waals surface area (Å²) in [6.07, 6.45) is 0. The quantitative estimate of drug-likeness (QED) is 0.572. The zero-order chi connectivity index (χ0) is 20.5. The van der Waals surface area contributed by atoms with Crippen molar-refractivity contribution in [2.24, 2.45) is 7.05 Å². The molecule has 3 rings (SSSR count). The molecule has 0 spiro atoms. The van der Waals surface area contributed by atoms with E-state index in [0.717, 1.165) is 4.68 Å². The van der Waals surface area contributed by atoms with Gasteiger partial charge in [0.05, 0.1) is 23.0 Å². The molecule has 1 aromatic carbocycles. The Morgan fingerprint density at radius 1 is 1.25 bits per heavy atom. The van der Waals surface area contributed by atoms with Crippen LogP contribution in [0.25, 0.3) is 0 Å². The molecule has 2 aromatic rings. The van der Waals surface area contributed by atoms with Gasteiger partial charge in [0, 0.05) is 25.8 Å². The van der Waals surface area contributed by atoms with Crippen molar-refractivity contribution < 1.29 is 22.9 Å². The monoisotopic (exact) mass is 409 g/mol. The predicted molar refractivity (Wildman–Crippen MR) is 98.6 cm³/mol. The third-order valence-electron chi connectivity index (χ3n) is 4.31. The van der Waals surface area contributed by atoms with Gasteiger partial charge in [-0.1, -0.05) is 0 Å². The Morgan fingerprint density at radius 2 is 1.86 bits per heavy atom. The second kappa shape index (κ2) is 7.66. The number of carbonyl (C=O) groups excluding carboxylic acids is 1. The molecule has 28 heavy (non-hydrogen) atoms. The lowest BCUT2D eigenvalue weighted by Gasteiger charge is -2.26. The second-order valence-corrected chi connectivity index (χ2v) is 8.10. The van der Waals surface area contributed by atoms with E-state index in [1.54, 1.807) is 0 Å². The molecule has 11 nitrogen and oxygen atoms in total. The van der Waals surface area contributed by atoms with Crippen LogP contribution in [-0.2, 0) is 21.8 Å². The number of nitrogens with zero attached hydrogens (tertiary/aromatic N) is 4. The van der Waals surface area contributed by atoms with E-state index in [9.17, 15) is 23.3 Å². The average Bonchev–Trinajstić information content (AvgIpc) is 2.97. The second-order valence-electron chi connectivity index (χ2n) is 6.16. The third kappa shape index (κ3) is 3.74. The molecule has 0 atom stereocenters. The zero-order valence-corrected chi connectivity index (χ0v) is 16.1. The van der Waals surface area contributed by atoms with Crippen molar-refractivity contribution in [2.45, 2.75) is 11.8 Å². The van der Waals surface area contributed by atoms with E-state index in [0.29, 0.717) is 18.9 Å². The maximum absolute atomic E-state index is 12.6. The molecule has 0 aliphatic carbocycles. The lowest BCUT2D eigenvalue weighted by Crippen LogP contribution is -2.40. The van der Waals surface area contributed by atoms with Crippen LogP contribution in [0.1, 0.15) is 16.2 Å². The van der Waals surface area contributed by atoms with Crippen molar-refractivity contribution in [3.63, 3.8) is 0 Å². The fourth-order valence-electron chi connectivity index (χ4n) is 2.96. The number of amides is 1. The van der Waals surface area contributed by atoms with Crippen molar-refractivity contribution in [2.75, 3.05) is 31.6 Å². The third-order valence-corrected chi connectivity index (χ3v) is 6.22. The number of ether oxygens (including phenoxy) is 1. The molecule has 0 radical (unpaired) electrons. The van der Waals surface area contributed by atoms with Crippen LogP contribution in [-0.4, -0.2) is 59.6 Å². The standard InChI is InChI=1S/C16H19N5O6S/c1-11-14(21(23)24)15(19(2)18-11)16(22)17-12-3-5-13(6-4-12)28(25,26)20-7-9-27-10-8-20/h3-6H,7-10H2,1-2H3,(H,17,22). The summed E-state index contributed by atoms with van der Waals surface area (Å²) in [5.74, 6) is -0.710. The first-order chi connectivity index (χ1) is 13.2. The molecule has 0 bridgehead atoms. The van der Waals surface area contributed by atoms with Crippen molar-refractivity contribution in [1.82, 2.24) is 14.1 Å². The van der Waals surface area contributed by atoms with Gasteiger partial charge in [0.25, 0.3) is 5.91 Å². The molecule has 1 N–H and O–H groups in total. The molecule has 1 aliphatic rings. The van der Waals surface area contributed by atoms with Crippen LogP contribution in [0.15, 0.2) is 29.2 Å². The number of rotatable bonds is 5. The molecular formula is C16H19N5O6S. The van der Waals surface area contributed by atoms with Crippen LogP contribution in [0, 0.1) is 17.0 Å². The molecule has 0 unspecified atom stereocenters. The van der Waals surface area contributed by atoms with Gasteiger partial charge in [-0.05, 0) is 31.2 Å². The predicted octanol–water partition coefficient (Wildman–Crippen LogP) is 0.910. The minimum absolute atomic E-state index is 0.0924. The summed E-state index contributed by atoms with van der Waals surface area (Å²) in [5, 5.41) is 17.7. The van der Waals surface area contributed by atoms with Gasteiger partial charge >= 0.3 is 5.69 Å². The number of sulfonamides is 1. The number of aryl methyl sites for hydroxylation is 2. The number of carbonyl (C=O) groups is 1.